The van der Waals surface area contributed by atoms with Crippen LogP contribution >= 0.6 is 23.5 Å². The highest BCUT2D eigenvalue weighted by Gasteiger charge is 2.17. The van der Waals surface area contributed by atoms with Crippen molar-refractivity contribution >= 4 is 35.1 Å². The van der Waals surface area contributed by atoms with Gasteiger partial charge in [-0.25, -0.2) is 0 Å². The van der Waals surface area contributed by atoms with Gasteiger partial charge in [0.25, 0.3) is 5.22 Å². The third-order valence-corrected chi connectivity index (χ3v) is 5.25. The molecule has 1 aromatic heterocycles. The van der Waals surface area contributed by atoms with Crippen LogP contribution in [0.3, 0.4) is 0 Å². The van der Waals surface area contributed by atoms with Gasteiger partial charge in [0.2, 0.25) is 18.6 Å². The summed E-state index contributed by atoms with van der Waals surface area (Å²) in [6.07, 6.45) is 1.99. The maximum atomic E-state index is 12.1. The number of ether oxygens (including phenoxy) is 2. The zero-order valence-electron chi connectivity index (χ0n) is 14.3. The van der Waals surface area contributed by atoms with E-state index in [1.165, 1.54) is 11.8 Å². The lowest BCUT2D eigenvalue weighted by atomic mass is 10.2. The molecule has 0 radical (unpaired) electrons. The van der Waals surface area contributed by atoms with Gasteiger partial charge in [0, 0.05) is 16.1 Å². The van der Waals surface area contributed by atoms with Crippen LogP contribution in [0.5, 0.6) is 11.5 Å². The molecule has 0 atom stereocenters. The zero-order chi connectivity index (χ0) is 18.6. The maximum Gasteiger partial charge on any atom is 0.277 e. The molecule has 1 N–H and O–H groups in total. The van der Waals surface area contributed by atoms with Crippen molar-refractivity contribution in [2.24, 2.45) is 0 Å². The summed E-state index contributed by atoms with van der Waals surface area (Å²) >= 11 is 2.81. The van der Waals surface area contributed by atoms with Gasteiger partial charge < -0.3 is 19.2 Å². The van der Waals surface area contributed by atoms with E-state index in [4.69, 9.17) is 13.9 Å². The van der Waals surface area contributed by atoms with E-state index in [9.17, 15) is 4.79 Å². The first-order valence-electron chi connectivity index (χ1n) is 8.01. The molecule has 0 bridgehead atoms. The summed E-state index contributed by atoms with van der Waals surface area (Å²) in [5.41, 5.74) is 1.50. The molecule has 27 heavy (non-hydrogen) atoms. The van der Waals surface area contributed by atoms with Gasteiger partial charge in [-0.3, -0.25) is 4.79 Å². The van der Waals surface area contributed by atoms with Crippen LogP contribution in [0.4, 0.5) is 5.69 Å². The summed E-state index contributed by atoms with van der Waals surface area (Å²) in [7, 11) is 0. The number of anilines is 1. The lowest BCUT2D eigenvalue weighted by Crippen LogP contribution is -2.13. The molecule has 0 saturated heterocycles. The number of fused-ring (bicyclic) bond motifs is 1. The molecule has 9 heteroatoms. The third-order valence-electron chi connectivity index (χ3n) is 3.71. The van der Waals surface area contributed by atoms with Gasteiger partial charge in [0.1, 0.15) is 0 Å². The predicted octanol–water partition coefficient (Wildman–Crippen LogP) is 3.92. The largest absolute Gasteiger partial charge is 0.454 e. The topological polar surface area (TPSA) is 86.5 Å². The molecule has 0 aliphatic carbocycles. The standard InChI is InChI=1S/C18H15N3O4S2/c1-26-13-4-2-3-12(8-13)19-16(22)9-27-18-21-20-17(25-18)11-5-6-14-15(7-11)24-10-23-14/h2-8H,9-10H2,1H3,(H,19,22). The van der Waals surface area contributed by atoms with Crippen LogP contribution in [0.15, 0.2) is 57.0 Å². The number of aromatic nitrogens is 2. The summed E-state index contributed by atoms with van der Waals surface area (Å²) in [6, 6.07) is 13.1. The Kier molecular flexibility index (Phi) is 5.21. The van der Waals surface area contributed by atoms with Gasteiger partial charge in [-0.05, 0) is 42.7 Å². The van der Waals surface area contributed by atoms with Crippen molar-refractivity contribution in [3.05, 3.63) is 42.5 Å². The summed E-state index contributed by atoms with van der Waals surface area (Å²) in [4.78, 5) is 13.2. The van der Waals surface area contributed by atoms with Gasteiger partial charge in [0.15, 0.2) is 11.5 Å². The quantitative estimate of drug-likeness (QED) is 0.622. The minimum absolute atomic E-state index is 0.138. The fourth-order valence-corrected chi connectivity index (χ4v) is 3.46. The second-order valence-electron chi connectivity index (χ2n) is 5.51. The molecule has 0 unspecified atom stereocenters. The van der Waals surface area contributed by atoms with Gasteiger partial charge in [0.05, 0.1) is 5.75 Å². The van der Waals surface area contributed by atoms with Gasteiger partial charge >= 0.3 is 0 Å². The first-order valence-corrected chi connectivity index (χ1v) is 10.2. The maximum absolute atomic E-state index is 12.1. The van der Waals surface area contributed by atoms with E-state index in [-0.39, 0.29) is 18.5 Å². The van der Waals surface area contributed by atoms with Crippen molar-refractivity contribution in [2.75, 3.05) is 24.1 Å². The molecule has 0 spiro atoms. The Hall–Kier alpha value is -2.65. The Labute approximate surface area is 163 Å². The molecule has 7 nitrogen and oxygen atoms in total. The van der Waals surface area contributed by atoms with E-state index in [1.54, 1.807) is 23.9 Å². The lowest BCUT2D eigenvalue weighted by Gasteiger charge is -2.05. The van der Waals surface area contributed by atoms with E-state index in [0.717, 1.165) is 16.1 Å². The van der Waals surface area contributed by atoms with Crippen molar-refractivity contribution < 1.29 is 18.7 Å². The average molecular weight is 401 g/mol. The van der Waals surface area contributed by atoms with Crippen LogP contribution in [0, 0.1) is 0 Å². The Balaban J connectivity index is 1.36. The fourth-order valence-electron chi connectivity index (χ4n) is 2.44. The number of nitrogens with one attached hydrogen (secondary N) is 1. The Morgan fingerprint density at radius 1 is 1.15 bits per heavy atom. The van der Waals surface area contributed by atoms with Gasteiger partial charge in [-0.2, -0.15) is 0 Å². The van der Waals surface area contributed by atoms with Crippen LogP contribution in [-0.4, -0.2) is 34.9 Å². The van der Waals surface area contributed by atoms with Crippen molar-refractivity contribution in [1.82, 2.24) is 10.2 Å². The first kappa shape index (κ1) is 17.7. The van der Waals surface area contributed by atoms with Gasteiger partial charge in [-0.15, -0.1) is 22.0 Å². The monoisotopic (exact) mass is 401 g/mol. The molecule has 1 aliphatic heterocycles. The Morgan fingerprint density at radius 3 is 2.93 bits per heavy atom. The number of carbonyl (C=O) groups excluding carboxylic acids is 1. The number of hydrogen-bond acceptors (Lipinski definition) is 8. The zero-order valence-corrected chi connectivity index (χ0v) is 15.9. The van der Waals surface area contributed by atoms with Crippen LogP contribution < -0.4 is 14.8 Å². The molecule has 2 aromatic carbocycles. The number of rotatable bonds is 6. The van der Waals surface area contributed by atoms with E-state index >= 15 is 0 Å². The molecular weight excluding hydrogens is 386 g/mol. The fraction of sp³-hybridized carbons (Fsp3) is 0.167. The highest BCUT2D eigenvalue weighted by molar-refractivity contribution is 7.99. The molecule has 0 fully saturated rings. The number of amides is 1. The van der Waals surface area contributed by atoms with E-state index in [0.29, 0.717) is 22.6 Å². The van der Waals surface area contributed by atoms with E-state index in [1.807, 2.05) is 36.6 Å². The SMILES string of the molecule is CSc1cccc(NC(=O)CSc2nnc(-c3ccc4c(c3)OCO4)o2)c1. The predicted molar refractivity (Wildman–Crippen MR) is 103 cm³/mol. The Bertz CT molecular complexity index is 977. The minimum atomic E-state index is -0.138. The number of benzene rings is 2. The summed E-state index contributed by atoms with van der Waals surface area (Å²) < 4.78 is 16.3. The van der Waals surface area contributed by atoms with Crippen LogP contribution in [0.2, 0.25) is 0 Å². The highest BCUT2D eigenvalue weighted by atomic mass is 32.2. The molecular formula is C18H15N3O4S2. The molecule has 1 amide bonds. The number of carbonyl (C=O) groups is 1. The Morgan fingerprint density at radius 2 is 2.04 bits per heavy atom. The van der Waals surface area contributed by atoms with Crippen LogP contribution in [0.25, 0.3) is 11.5 Å². The van der Waals surface area contributed by atoms with Gasteiger partial charge in [-0.1, -0.05) is 17.8 Å². The minimum Gasteiger partial charge on any atom is -0.454 e. The van der Waals surface area contributed by atoms with Crippen molar-refractivity contribution in [1.29, 1.82) is 0 Å². The lowest BCUT2D eigenvalue weighted by molar-refractivity contribution is -0.113. The number of nitrogens with zero attached hydrogens (tertiary/aromatic N) is 2. The molecule has 0 saturated carbocycles. The van der Waals surface area contributed by atoms with Crippen molar-refractivity contribution in [2.45, 2.75) is 10.1 Å². The third kappa shape index (κ3) is 4.20. The molecule has 1 aliphatic rings. The summed E-state index contributed by atoms with van der Waals surface area (Å²) in [5.74, 6) is 1.73. The van der Waals surface area contributed by atoms with Crippen LogP contribution in [0.1, 0.15) is 0 Å². The second-order valence-corrected chi connectivity index (χ2v) is 7.32. The summed E-state index contributed by atoms with van der Waals surface area (Å²) in [6.45, 7) is 0.207. The first-order chi connectivity index (χ1) is 13.2. The number of hydrogen-bond donors (Lipinski definition) is 1. The van der Waals surface area contributed by atoms with Crippen LogP contribution in [-0.2, 0) is 4.79 Å². The molecule has 138 valence electrons. The molecule has 4 rings (SSSR count). The average Bonchev–Trinajstić information content (AvgIpc) is 3.35. The van der Waals surface area contributed by atoms with E-state index < -0.39 is 0 Å². The summed E-state index contributed by atoms with van der Waals surface area (Å²) in [5, 5.41) is 11.2. The molecule has 3 aromatic rings. The number of thioether (sulfide) groups is 2. The highest BCUT2D eigenvalue weighted by Crippen LogP contribution is 2.36. The molecule has 2 heterocycles. The second kappa shape index (κ2) is 7.93. The van der Waals surface area contributed by atoms with Crippen molar-refractivity contribution in [3.63, 3.8) is 0 Å². The van der Waals surface area contributed by atoms with E-state index in [2.05, 4.69) is 15.5 Å². The smallest absolute Gasteiger partial charge is 0.277 e. The normalized spacial score (nSPS) is 12.2. The van der Waals surface area contributed by atoms with Crippen molar-refractivity contribution in [3.8, 4) is 23.0 Å².